The second kappa shape index (κ2) is 10.5. The van der Waals surface area contributed by atoms with Gasteiger partial charge in [0.15, 0.2) is 9.84 Å². The summed E-state index contributed by atoms with van der Waals surface area (Å²) in [5, 5.41) is 3.27. The third-order valence-electron chi connectivity index (χ3n) is 5.75. The number of carbonyl (C=O) groups excluding carboxylic acids is 2. The summed E-state index contributed by atoms with van der Waals surface area (Å²) in [7, 11) is -4.13. The number of sulfone groups is 1. The summed E-state index contributed by atoms with van der Waals surface area (Å²) in [6, 6.07) is 6.98. The summed E-state index contributed by atoms with van der Waals surface area (Å²) < 4.78 is 41.1. The predicted molar refractivity (Wildman–Crippen MR) is 130 cm³/mol. The fourth-order valence-electron chi connectivity index (χ4n) is 3.88. The van der Waals surface area contributed by atoms with Gasteiger partial charge in [-0.1, -0.05) is 48.8 Å². The van der Waals surface area contributed by atoms with Crippen molar-refractivity contribution in [2.24, 2.45) is 0 Å². The number of hydrogen-bond acceptors (Lipinski definition) is 4. The Morgan fingerprint density at radius 2 is 1.97 bits per heavy atom. The minimum Gasteiger partial charge on any atom is -0.349 e. The zero-order chi connectivity index (χ0) is 25.0. The summed E-state index contributed by atoms with van der Waals surface area (Å²) in [6.07, 6.45) is 2.20. The van der Waals surface area contributed by atoms with Crippen molar-refractivity contribution in [3.8, 4) is 6.57 Å². The molecule has 34 heavy (non-hydrogen) atoms. The number of benzene rings is 2. The van der Waals surface area contributed by atoms with Crippen molar-refractivity contribution in [3.63, 3.8) is 0 Å². The van der Waals surface area contributed by atoms with Gasteiger partial charge in [0.05, 0.1) is 22.7 Å². The molecule has 1 aliphatic rings. The highest BCUT2D eigenvalue weighted by molar-refractivity contribution is 7.91. The van der Waals surface area contributed by atoms with Crippen LogP contribution in [0.5, 0.6) is 0 Å². The average Bonchev–Trinajstić information content (AvgIpc) is 2.88. The smallest absolute Gasteiger partial charge is 0.349 e. The van der Waals surface area contributed by atoms with Gasteiger partial charge in [-0.2, -0.15) is 0 Å². The number of halogens is 2. The fourth-order valence-corrected chi connectivity index (χ4v) is 5.60. The van der Waals surface area contributed by atoms with E-state index in [4.69, 9.17) is 18.2 Å². The highest BCUT2D eigenvalue weighted by Crippen LogP contribution is 2.35. The molecule has 0 bridgehead atoms. The Bertz CT molecular complexity index is 1240. The summed E-state index contributed by atoms with van der Waals surface area (Å²) in [5.41, 5.74) is 0.199. The molecule has 3 rings (SSSR count). The molecule has 0 saturated carbocycles. The van der Waals surface area contributed by atoms with Crippen LogP contribution in [-0.4, -0.2) is 38.1 Å². The molecule has 0 radical (unpaired) electrons. The van der Waals surface area contributed by atoms with E-state index in [9.17, 15) is 18.0 Å². The average molecular weight is 507 g/mol. The van der Waals surface area contributed by atoms with E-state index in [-0.39, 0.29) is 23.8 Å². The van der Waals surface area contributed by atoms with Crippen LogP contribution in [0.15, 0.2) is 41.3 Å². The van der Waals surface area contributed by atoms with E-state index in [0.717, 1.165) is 18.6 Å². The minimum atomic E-state index is -4.13. The maximum atomic E-state index is 15.0. The Balaban J connectivity index is 2.14. The number of nitrogens with one attached hydrogen (secondary N) is 1. The van der Waals surface area contributed by atoms with Crippen LogP contribution in [0.2, 0.25) is 5.02 Å². The zero-order valence-corrected chi connectivity index (χ0v) is 20.5. The van der Waals surface area contributed by atoms with E-state index >= 15 is 4.39 Å². The summed E-state index contributed by atoms with van der Waals surface area (Å²) in [6.45, 7) is 9.19. The molecular weight excluding hydrogens is 481 g/mol. The van der Waals surface area contributed by atoms with Crippen LogP contribution in [0.1, 0.15) is 49.0 Å². The van der Waals surface area contributed by atoms with Gasteiger partial charge in [0, 0.05) is 11.1 Å². The monoisotopic (exact) mass is 506 g/mol. The molecule has 2 atom stereocenters. The number of fused-ring (bicyclic) bond motifs is 1. The van der Waals surface area contributed by atoms with Crippen LogP contribution < -0.4 is 10.2 Å². The molecule has 0 fully saturated rings. The molecule has 180 valence electrons. The molecule has 2 aromatic carbocycles. The molecule has 0 aliphatic carbocycles. The maximum absolute atomic E-state index is 15.0. The first-order valence-electron chi connectivity index (χ1n) is 10.9. The van der Waals surface area contributed by atoms with Crippen LogP contribution in [0.3, 0.4) is 0 Å². The SMILES string of the molecule is C#[N+][C@H]1CS(=O)(=O)c2cc(F)c(C(=O)NC(CC)CCC)cc2N(Cc2ccc(Cl)cc2)C1=O. The lowest BCUT2D eigenvalue weighted by Crippen LogP contribution is -2.38. The van der Waals surface area contributed by atoms with E-state index < -0.39 is 44.2 Å². The molecule has 1 unspecified atom stereocenters. The van der Waals surface area contributed by atoms with Gasteiger partial charge in [0.25, 0.3) is 12.5 Å². The van der Waals surface area contributed by atoms with Gasteiger partial charge >= 0.3 is 11.9 Å². The normalized spacial score (nSPS) is 17.9. The Labute approximate surface area is 203 Å². The van der Waals surface area contributed by atoms with Crippen molar-refractivity contribution < 1.29 is 22.4 Å². The van der Waals surface area contributed by atoms with Gasteiger partial charge in [0.1, 0.15) is 11.6 Å². The highest BCUT2D eigenvalue weighted by atomic mass is 35.5. The van der Waals surface area contributed by atoms with E-state index in [1.54, 1.807) is 24.3 Å². The molecule has 0 saturated heterocycles. The van der Waals surface area contributed by atoms with E-state index in [2.05, 4.69) is 10.2 Å². The van der Waals surface area contributed by atoms with E-state index in [1.165, 1.54) is 4.90 Å². The molecule has 1 heterocycles. The Kier molecular flexibility index (Phi) is 7.95. The van der Waals surface area contributed by atoms with Crippen molar-refractivity contribution in [2.75, 3.05) is 10.7 Å². The lowest BCUT2D eigenvalue weighted by molar-refractivity contribution is -0.118. The first-order chi connectivity index (χ1) is 16.1. The summed E-state index contributed by atoms with van der Waals surface area (Å²) in [4.78, 5) is 30.4. The van der Waals surface area contributed by atoms with Gasteiger partial charge in [-0.3, -0.25) is 14.5 Å². The minimum absolute atomic E-state index is 0.0509. The molecule has 2 aromatic rings. The Morgan fingerprint density at radius 3 is 2.56 bits per heavy atom. The second-order valence-electron chi connectivity index (χ2n) is 8.16. The number of nitrogens with zero attached hydrogens (tertiary/aromatic N) is 2. The lowest BCUT2D eigenvalue weighted by atomic mass is 10.1. The number of hydrogen-bond donors (Lipinski definition) is 1. The number of rotatable bonds is 7. The Morgan fingerprint density at radius 1 is 1.29 bits per heavy atom. The van der Waals surface area contributed by atoms with Crippen LogP contribution in [0.4, 0.5) is 10.1 Å². The molecule has 7 nitrogen and oxygen atoms in total. The van der Waals surface area contributed by atoms with Crippen LogP contribution in [0, 0.1) is 12.4 Å². The van der Waals surface area contributed by atoms with Gasteiger partial charge in [-0.05, 0) is 42.7 Å². The third-order valence-corrected chi connectivity index (χ3v) is 7.75. The van der Waals surface area contributed by atoms with Crippen LogP contribution >= 0.6 is 11.6 Å². The highest BCUT2D eigenvalue weighted by Gasteiger charge is 2.44. The predicted octanol–water partition coefficient (Wildman–Crippen LogP) is 4.44. The van der Waals surface area contributed by atoms with Gasteiger partial charge < -0.3 is 5.32 Å². The molecular formula is C24H26ClFN3O4S+. The molecule has 1 N–H and O–H groups in total. The maximum Gasteiger partial charge on any atom is 0.362 e. The molecule has 0 aromatic heterocycles. The van der Waals surface area contributed by atoms with Crippen molar-refractivity contribution >= 4 is 38.9 Å². The third kappa shape index (κ3) is 5.40. The van der Waals surface area contributed by atoms with Gasteiger partial charge in [-0.15, -0.1) is 0 Å². The van der Waals surface area contributed by atoms with E-state index in [0.29, 0.717) is 23.4 Å². The van der Waals surface area contributed by atoms with Crippen molar-refractivity contribution in [1.82, 2.24) is 5.32 Å². The van der Waals surface area contributed by atoms with Crippen LogP contribution in [-0.2, 0) is 21.2 Å². The van der Waals surface area contributed by atoms with Crippen LogP contribution in [0.25, 0.3) is 4.85 Å². The summed E-state index contributed by atoms with van der Waals surface area (Å²) >= 11 is 5.94. The number of anilines is 1. The standard InChI is InChI=1S/C24H25ClFN3O4S/c1-4-6-17(5-2)28-23(30)18-11-21-22(12-19(18)26)34(32,33)14-20(27-3)24(31)29(21)13-15-7-9-16(25)10-8-15/h3,7-12,17,20H,4-6,13-14H2,1-2H3/p+1/t17?,20-/m0/s1. The van der Waals surface area contributed by atoms with E-state index in [1.807, 2.05) is 13.8 Å². The second-order valence-corrected chi connectivity index (χ2v) is 10.6. The zero-order valence-electron chi connectivity index (χ0n) is 18.9. The van der Waals surface area contributed by atoms with Gasteiger partial charge in [-0.25, -0.2) is 12.8 Å². The topological polar surface area (TPSA) is 87.9 Å². The van der Waals surface area contributed by atoms with Crippen molar-refractivity contribution in [2.45, 2.75) is 56.6 Å². The largest absolute Gasteiger partial charge is 0.362 e. The lowest BCUT2D eigenvalue weighted by Gasteiger charge is -2.23. The first-order valence-corrected chi connectivity index (χ1v) is 13.0. The summed E-state index contributed by atoms with van der Waals surface area (Å²) in [5.74, 6) is -3.05. The molecule has 1 aliphatic heterocycles. The molecule has 10 heteroatoms. The number of carbonyl (C=O) groups is 2. The molecule has 0 spiro atoms. The fraction of sp³-hybridized carbons (Fsp3) is 0.375. The van der Waals surface area contributed by atoms with Gasteiger partial charge in [0.2, 0.25) is 0 Å². The van der Waals surface area contributed by atoms with Crippen molar-refractivity contribution in [3.05, 3.63) is 63.2 Å². The quantitative estimate of drug-likeness (QED) is 0.601. The first kappa shape index (κ1) is 25.7. The van der Waals surface area contributed by atoms with Crippen molar-refractivity contribution in [1.29, 1.82) is 0 Å². The Hall–Kier alpha value is -2.96. The molecule has 2 amide bonds. The number of amides is 2.